The number of imidazole rings is 1. The van der Waals surface area contributed by atoms with E-state index in [9.17, 15) is 0 Å². The number of piperidine rings is 1. The van der Waals surface area contributed by atoms with Crippen LogP contribution in [-0.4, -0.2) is 28.7 Å². The summed E-state index contributed by atoms with van der Waals surface area (Å²) in [7, 11) is 0. The molecule has 0 radical (unpaired) electrons. The highest BCUT2D eigenvalue weighted by Crippen LogP contribution is 2.13. The van der Waals surface area contributed by atoms with Crippen molar-refractivity contribution < 1.29 is 0 Å². The highest BCUT2D eigenvalue weighted by atomic mass is 15.0. The van der Waals surface area contributed by atoms with E-state index in [0.29, 0.717) is 6.04 Å². The minimum Gasteiger partial charge on any atom is -0.383 e. The lowest BCUT2D eigenvalue weighted by atomic mass is 10.1. The van der Waals surface area contributed by atoms with E-state index in [1.807, 2.05) is 18.7 Å². The van der Waals surface area contributed by atoms with Crippen LogP contribution in [0.4, 0.5) is 5.69 Å². The van der Waals surface area contributed by atoms with E-state index in [1.54, 1.807) is 0 Å². The van der Waals surface area contributed by atoms with Crippen LogP contribution in [0, 0.1) is 0 Å². The topological polar surface area (TPSA) is 41.9 Å². The number of nitrogens with one attached hydrogen (secondary N) is 2. The third kappa shape index (κ3) is 3.61. The first kappa shape index (κ1) is 13.2. The summed E-state index contributed by atoms with van der Waals surface area (Å²) in [5, 5.41) is 7.11. The molecule has 1 aromatic heterocycles. The first-order valence-corrected chi connectivity index (χ1v) is 7.42. The van der Waals surface area contributed by atoms with Crippen molar-refractivity contribution in [3.05, 3.63) is 48.5 Å². The van der Waals surface area contributed by atoms with Gasteiger partial charge in [-0.1, -0.05) is 18.6 Å². The molecule has 1 unspecified atom stereocenters. The molecule has 0 amide bonds. The lowest BCUT2D eigenvalue weighted by Crippen LogP contribution is -2.39. The highest BCUT2D eigenvalue weighted by molar-refractivity contribution is 5.46. The van der Waals surface area contributed by atoms with Crippen LogP contribution in [0.3, 0.4) is 0 Å². The number of nitrogens with zero attached hydrogens (tertiary/aromatic N) is 2. The van der Waals surface area contributed by atoms with Crippen LogP contribution < -0.4 is 10.6 Å². The molecule has 0 bridgehead atoms. The molecule has 2 aromatic rings. The zero-order valence-electron chi connectivity index (χ0n) is 11.8. The molecule has 2 N–H and O–H groups in total. The predicted molar refractivity (Wildman–Crippen MR) is 81.9 cm³/mol. The number of hydrogen-bond donors (Lipinski definition) is 2. The Bertz CT molecular complexity index is 515. The average Bonchev–Trinajstić information content (AvgIpc) is 3.00. The van der Waals surface area contributed by atoms with Gasteiger partial charge >= 0.3 is 0 Å². The smallest absolute Gasteiger partial charge is 0.0949 e. The summed E-state index contributed by atoms with van der Waals surface area (Å²) in [6.45, 7) is 3.04. The van der Waals surface area contributed by atoms with Crippen molar-refractivity contribution in [1.82, 2.24) is 14.9 Å². The van der Waals surface area contributed by atoms with Gasteiger partial charge in [0.25, 0.3) is 0 Å². The third-order valence-electron chi connectivity index (χ3n) is 3.82. The van der Waals surface area contributed by atoms with Gasteiger partial charge < -0.3 is 15.2 Å². The van der Waals surface area contributed by atoms with Crippen molar-refractivity contribution >= 4 is 5.69 Å². The molecule has 0 saturated carbocycles. The van der Waals surface area contributed by atoms with E-state index >= 15 is 0 Å². The van der Waals surface area contributed by atoms with Crippen LogP contribution in [0.2, 0.25) is 0 Å². The van der Waals surface area contributed by atoms with Gasteiger partial charge in [0.05, 0.1) is 6.33 Å². The Hall–Kier alpha value is -1.81. The fourth-order valence-corrected chi connectivity index (χ4v) is 2.71. The molecule has 4 heteroatoms. The first-order valence-electron chi connectivity index (χ1n) is 7.42. The van der Waals surface area contributed by atoms with Gasteiger partial charge in [0.15, 0.2) is 0 Å². The van der Waals surface area contributed by atoms with Crippen LogP contribution >= 0.6 is 0 Å². The van der Waals surface area contributed by atoms with E-state index in [-0.39, 0.29) is 0 Å². The Kier molecular flexibility index (Phi) is 4.33. The summed E-state index contributed by atoms with van der Waals surface area (Å²) in [6, 6.07) is 9.25. The second kappa shape index (κ2) is 6.57. The third-order valence-corrected chi connectivity index (χ3v) is 3.82. The van der Waals surface area contributed by atoms with Crippen LogP contribution in [0.1, 0.15) is 24.8 Å². The van der Waals surface area contributed by atoms with Gasteiger partial charge in [-0.15, -0.1) is 0 Å². The van der Waals surface area contributed by atoms with Crippen molar-refractivity contribution in [2.24, 2.45) is 0 Å². The van der Waals surface area contributed by atoms with Crippen molar-refractivity contribution in [3.8, 4) is 0 Å². The van der Waals surface area contributed by atoms with Gasteiger partial charge in [-0.25, -0.2) is 4.98 Å². The number of anilines is 1. The van der Waals surface area contributed by atoms with Crippen molar-refractivity contribution in [2.45, 2.75) is 31.8 Å². The van der Waals surface area contributed by atoms with Crippen LogP contribution in [0.5, 0.6) is 0 Å². The SMILES string of the molecule is c1cc(Cn2ccnc2)cc(NCC2CCCCN2)c1. The molecule has 20 heavy (non-hydrogen) atoms. The fraction of sp³-hybridized carbons (Fsp3) is 0.438. The van der Waals surface area contributed by atoms with Gasteiger partial charge in [-0.2, -0.15) is 0 Å². The summed E-state index contributed by atoms with van der Waals surface area (Å²) in [4.78, 5) is 4.08. The van der Waals surface area contributed by atoms with E-state index in [2.05, 4.69) is 44.5 Å². The van der Waals surface area contributed by atoms with Crippen LogP contribution in [0.25, 0.3) is 0 Å². The standard InChI is InChI=1S/C16H22N4/c1-2-7-18-16(5-1)11-19-15-6-3-4-14(10-15)12-20-9-8-17-13-20/h3-4,6,8-10,13,16,18-19H,1-2,5,7,11-12H2. The lowest BCUT2D eigenvalue weighted by Gasteiger charge is -2.24. The summed E-state index contributed by atoms with van der Waals surface area (Å²) < 4.78 is 2.09. The zero-order chi connectivity index (χ0) is 13.6. The second-order valence-corrected chi connectivity index (χ2v) is 5.46. The monoisotopic (exact) mass is 270 g/mol. The van der Waals surface area contributed by atoms with Crippen molar-refractivity contribution in [3.63, 3.8) is 0 Å². The Morgan fingerprint density at radius 2 is 2.35 bits per heavy atom. The van der Waals surface area contributed by atoms with Crippen molar-refractivity contribution in [2.75, 3.05) is 18.4 Å². The Morgan fingerprint density at radius 1 is 1.35 bits per heavy atom. The maximum absolute atomic E-state index is 4.08. The molecule has 3 rings (SSSR count). The van der Waals surface area contributed by atoms with E-state index in [0.717, 1.165) is 19.6 Å². The van der Waals surface area contributed by atoms with Gasteiger partial charge in [0, 0.05) is 37.2 Å². The lowest BCUT2D eigenvalue weighted by molar-refractivity contribution is 0.414. The average molecular weight is 270 g/mol. The first-order chi connectivity index (χ1) is 9.90. The molecule has 0 aliphatic carbocycles. The number of hydrogen-bond acceptors (Lipinski definition) is 3. The second-order valence-electron chi connectivity index (χ2n) is 5.46. The van der Waals surface area contributed by atoms with E-state index in [1.165, 1.54) is 30.5 Å². The molecule has 0 spiro atoms. The molecule has 1 atom stereocenters. The predicted octanol–water partition coefficient (Wildman–Crippen LogP) is 2.49. The molecule has 1 aliphatic heterocycles. The maximum Gasteiger partial charge on any atom is 0.0949 e. The zero-order valence-corrected chi connectivity index (χ0v) is 11.8. The highest BCUT2D eigenvalue weighted by Gasteiger charge is 2.11. The maximum atomic E-state index is 4.08. The molecule has 1 aromatic carbocycles. The molecule has 1 fully saturated rings. The van der Waals surface area contributed by atoms with Crippen LogP contribution in [-0.2, 0) is 6.54 Å². The van der Waals surface area contributed by atoms with E-state index in [4.69, 9.17) is 0 Å². The molecule has 2 heterocycles. The fourth-order valence-electron chi connectivity index (χ4n) is 2.71. The minimum atomic E-state index is 0.612. The van der Waals surface area contributed by atoms with Gasteiger partial charge in [-0.3, -0.25) is 0 Å². The quantitative estimate of drug-likeness (QED) is 0.877. The largest absolute Gasteiger partial charge is 0.383 e. The number of rotatable bonds is 5. The minimum absolute atomic E-state index is 0.612. The van der Waals surface area contributed by atoms with Gasteiger partial charge in [-0.05, 0) is 37.1 Å². The molecular weight excluding hydrogens is 248 g/mol. The Morgan fingerprint density at radius 3 is 3.15 bits per heavy atom. The number of benzene rings is 1. The molecule has 4 nitrogen and oxygen atoms in total. The Balaban J connectivity index is 1.56. The normalized spacial score (nSPS) is 18.9. The summed E-state index contributed by atoms with van der Waals surface area (Å²) in [5.41, 5.74) is 2.50. The van der Waals surface area contributed by atoms with Crippen molar-refractivity contribution in [1.29, 1.82) is 0 Å². The molecular formula is C16H22N4. The summed E-state index contributed by atoms with van der Waals surface area (Å²) in [6.07, 6.45) is 9.60. The molecule has 1 aliphatic rings. The number of aromatic nitrogens is 2. The molecule has 106 valence electrons. The van der Waals surface area contributed by atoms with Crippen LogP contribution in [0.15, 0.2) is 43.0 Å². The summed E-state index contributed by atoms with van der Waals surface area (Å²) in [5.74, 6) is 0. The van der Waals surface area contributed by atoms with Gasteiger partial charge in [0.1, 0.15) is 0 Å². The summed E-state index contributed by atoms with van der Waals surface area (Å²) >= 11 is 0. The molecule has 1 saturated heterocycles. The van der Waals surface area contributed by atoms with Gasteiger partial charge in [0.2, 0.25) is 0 Å². The Labute approximate surface area is 120 Å². The van der Waals surface area contributed by atoms with E-state index < -0.39 is 0 Å².